The summed E-state index contributed by atoms with van der Waals surface area (Å²) in [5, 5.41) is 5.74. The number of amides is 4. The molecule has 8 nitrogen and oxygen atoms in total. The van der Waals surface area contributed by atoms with E-state index in [0.29, 0.717) is 25.3 Å². The molecule has 2 saturated heterocycles. The molecule has 2 N–H and O–H groups in total. The Labute approximate surface area is 200 Å². The summed E-state index contributed by atoms with van der Waals surface area (Å²) in [4.78, 5) is 42.9. The predicted molar refractivity (Wildman–Crippen MR) is 131 cm³/mol. The van der Waals surface area contributed by atoms with Crippen LogP contribution in [0.25, 0.3) is 0 Å². The molecular formula is C26H32N4O4. The minimum absolute atomic E-state index is 0.151. The summed E-state index contributed by atoms with van der Waals surface area (Å²) in [5.41, 5.74) is 1.21. The van der Waals surface area contributed by atoms with Gasteiger partial charge in [-0.3, -0.25) is 9.59 Å². The summed E-state index contributed by atoms with van der Waals surface area (Å²) in [7, 11) is 0. The van der Waals surface area contributed by atoms with Crippen molar-refractivity contribution < 1.29 is 19.1 Å². The Morgan fingerprint density at radius 1 is 1.03 bits per heavy atom. The summed E-state index contributed by atoms with van der Waals surface area (Å²) in [5.74, 6) is -0.669. The molecule has 0 aromatic heterocycles. The maximum absolute atomic E-state index is 13.6. The molecule has 34 heavy (non-hydrogen) atoms. The number of nitrogens with zero attached hydrogens (tertiary/aromatic N) is 2. The van der Waals surface area contributed by atoms with Gasteiger partial charge in [0.25, 0.3) is 5.91 Å². The van der Waals surface area contributed by atoms with E-state index in [0.717, 1.165) is 29.2 Å². The predicted octanol–water partition coefficient (Wildman–Crippen LogP) is 3.34. The molecule has 2 fully saturated rings. The lowest BCUT2D eigenvalue weighted by Gasteiger charge is -2.30. The molecule has 0 aliphatic carbocycles. The Hall–Kier alpha value is -3.39. The molecular weight excluding hydrogens is 432 g/mol. The molecule has 2 atom stereocenters. The van der Waals surface area contributed by atoms with Crippen molar-refractivity contribution in [3.63, 3.8) is 0 Å². The van der Waals surface area contributed by atoms with Crippen LogP contribution in [0.5, 0.6) is 0 Å². The largest absolute Gasteiger partial charge is 0.378 e. The molecule has 2 aromatic carbocycles. The number of benzene rings is 2. The van der Waals surface area contributed by atoms with Gasteiger partial charge in [-0.05, 0) is 49.1 Å². The van der Waals surface area contributed by atoms with Crippen molar-refractivity contribution in [2.75, 3.05) is 36.5 Å². The van der Waals surface area contributed by atoms with E-state index in [2.05, 4.69) is 15.5 Å². The van der Waals surface area contributed by atoms with Gasteiger partial charge in [0.2, 0.25) is 5.91 Å². The number of ether oxygens (including phenoxy) is 1. The van der Waals surface area contributed by atoms with Gasteiger partial charge in [0, 0.05) is 24.5 Å². The number of rotatable bonds is 7. The second-order valence-electron chi connectivity index (χ2n) is 9.29. The Morgan fingerprint density at radius 3 is 2.29 bits per heavy atom. The molecule has 4 amide bonds. The molecule has 2 aliphatic rings. The van der Waals surface area contributed by atoms with Crippen molar-refractivity contribution in [3.8, 4) is 0 Å². The normalized spacial score (nSPS) is 21.5. The Balaban J connectivity index is 1.49. The fourth-order valence-corrected chi connectivity index (χ4v) is 4.67. The second kappa shape index (κ2) is 9.85. The number of hydrogen-bond acceptors (Lipinski definition) is 5. The summed E-state index contributed by atoms with van der Waals surface area (Å²) < 4.78 is 5.39. The Bertz CT molecular complexity index is 1030. The van der Waals surface area contributed by atoms with Crippen LogP contribution >= 0.6 is 0 Å². The SMILES string of the molecule is CC(C)C[C@]1(c2ccccc2)NC(=O)N([C@H](C)C(=O)Nc2ccc(N3CCOCC3)cc2)C1=O. The van der Waals surface area contributed by atoms with Gasteiger partial charge in [-0.15, -0.1) is 0 Å². The van der Waals surface area contributed by atoms with Crippen LogP contribution in [0.4, 0.5) is 16.2 Å². The summed E-state index contributed by atoms with van der Waals surface area (Å²) in [6.07, 6.45) is 0.440. The third kappa shape index (κ3) is 4.63. The summed E-state index contributed by atoms with van der Waals surface area (Å²) >= 11 is 0. The zero-order valence-corrected chi connectivity index (χ0v) is 19.9. The fourth-order valence-electron chi connectivity index (χ4n) is 4.67. The van der Waals surface area contributed by atoms with E-state index in [9.17, 15) is 14.4 Å². The average Bonchev–Trinajstić information content (AvgIpc) is 3.09. The molecule has 2 heterocycles. The average molecular weight is 465 g/mol. The first-order chi connectivity index (χ1) is 16.3. The molecule has 0 bridgehead atoms. The molecule has 0 spiro atoms. The maximum Gasteiger partial charge on any atom is 0.326 e. The molecule has 0 radical (unpaired) electrons. The van der Waals surface area contributed by atoms with Gasteiger partial charge in [-0.1, -0.05) is 44.2 Å². The van der Waals surface area contributed by atoms with Gasteiger partial charge in [0.1, 0.15) is 11.6 Å². The highest BCUT2D eigenvalue weighted by molar-refractivity contribution is 6.11. The van der Waals surface area contributed by atoms with Crippen molar-refractivity contribution >= 4 is 29.2 Å². The summed E-state index contributed by atoms with van der Waals surface area (Å²) in [6, 6.07) is 15.3. The van der Waals surface area contributed by atoms with Gasteiger partial charge in [0.05, 0.1) is 13.2 Å². The highest BCUT2D eigenvalue weighted by atomic mass is 16.5. The van der Waals surface area contributed by atoms with Gasteiger partial charge in [-0.2, -0.15) is 0 Å². The number of urea groups is 1. The number of carbonyl (C=O) groups excluding carboxylic acids is 3. The van der Waals surface area contributed by atoms with Crippen LogP contribution in [-0.4, -0.2) is 55.1 Å². The monoisotopic (exact) mass is 464 g/mol. The van der Waals surface area contributed by atoms with E-state index < -0.39 is 29.4 Å². The standard InChI is InChI=1S/C26H32N4O4/c1-18(2)17-26(20-7-5-4-6-8-20)24(32)30(25(33)28-26)19(3)23(31)27-21-9-11-22(12-10-21)29-13-15-34-16-14-29/h4-12,18-19H,13-17H2,1-3H3,(H,27,31)(H,28,33)/t19-,26-/m1/s1. The molecule has 0 unspecified atom stereocenters. The highest BCUT2D eigenvalue weighted by Crippen LogP contribution is 2.36. The van der Waals surface area contributed by atoms with Gasteiger partial charge in [-0.25, -0.2) is 9.69 Å². The Kier molecular flexibility index (Phi) is 6.88. The van der Waals surface area contributed by atoms with Crippen LogP contribution < -0.4 is 15.5 Å². The third-order valence-corrected chi connectivity index (χ3v) is 6.38. The van der Waals surface area contributed by atoms with E-state index in [1.807, 2.05) is 68.4 Å². The zero-order valence-electron chi connectivity index (χ0n) is 19.9. The first-order valence-corrected chi connectivity index (χ1v) is 11.8. The van der Waals surface area contributed by atoms with E-state index in [1.165, 1.54) is 0 Å². The van der Waals surface area contributed by atoms with Gasteiger partial charge >= 0.3 is 6.03 Å². The minimum atomic E-state index is -1.18. The van der Waals surface area contributed by atoms with E-state index >= 15 is 0 Å². The van der Waals surface area contributed by atoms with Crippen LogP contribution in [-0.2, 0) is 19.9 Å². The van der Waals surface area contributed by atoms with Crippen LogP contribution in [0, 0.1) is 5.92 Å². The lowest BCUT2D eigenvalue weighted by Crippen LogP contribution is -2.48. The quantitative estimate of drug-likeness (QED) is 0.614. The van der Waals surface area contributed by atoms with E-state index in [-0.39, 0.29) is 5.92 Å². The number of nitrogens with one attached hydrogen (secondary N) is 2. The smallest absolute Gasteiger partial charge is 0.326 e. The number of morpholine rings is 1. The van der Waals surface area contributed by atoms with Crippen LogP contribution in [0.1, 0.15) is 32.8 Å². The lowest BCUT2D eigenvalue weighted by atomic mass is 9.82. The number of carbonyl (C=O) groups is 3. The molecule has 2 aromatic rings. The van der Waals surface area contributed by atoms with Gasteiger partial charge in [0.15, 0.2) is 0 Å². The van der Waals surface area contributed by atoms with Crippen molar-refractivity contribution in [1.29, 1.82) is 0 Å². The highest BCUT2D eigenvalue weighted by Gasteiger charge is 2.54. The number of imide groups is 1. The summed E-state index contributed by atoms with van der Waals surface area (Å²) in [6.45, 7) is 8.63. The van der Waals surface area contributed by atoms with Crippen LogP contribution in [0.2, 0.25) is 0 Å². The Morgan fingerprint density at radius 2 is 1.68 bits per heavy atom. The first kappa shape index (κ1) is 23.8. The molecule has 2 aliphatic heterocycles. The zero-order chi connectivity index (χ0) is 24.3. The number of anilines is 2. The van der Waals surface area contributed by atoms with E-state index in [4.69, 9.17) is 4.74 Å². The van der Waals surface area contributed by atoms with E-state index in [1.54, 1.807) is 6.92 Å². The van der Waals surface area contributed by atoms with Crippen molar-refractivity contribution in [3.05, 3.63) is 60.2 Å². The van der Waals surface area contributed by atoms with Crippen molar-refractivity contribution in [2.45, 2.75) is 38.8 Å². The molecule has 8 heteroatoms. The second-order valence-corrected chi connectivity index (χ2v) is 9.29. The maximum atomic E-state index is 13.6. The van der Waals surface area contributed by atoms with Crippen LogP contribution in [0.3, 0.4) is 0 Å². The molecule has 180 valence electrons. The number of hydrogen-bond donors (Lipinski definition) is 2. The van der Waals surface area contributed by atoms with Crippen LogP contribution in [0.15, 0.2) is 54.6 Å². The van der Waals surface area contributed by atoms with Crippen molar-refractivity contribution in [1.82, 2.24) is 10.2 Å². The van der Waals surface area contributed by atoms with Crippen molar-refractivity contribution in [2.24, 2.45) is 5.92 Å². The lowest BCUT2D eigenvalue weighted by molar-refractivity contribution is -0.137. The first-order valence-electron chi connectivity index (χ1n) is 11.8. The van der Waals surface area contributed by atoms with Gasteiger partial charge < -0.3 is 20.3 Å². The minimum Gasteiger partial charge on any atom is -0.378 e. The fraction of sp³-hybridized carbons (Fsp3) is 0.423. The molecule has 4 rings (SSSR count). The topological polar surface area (TPSA) is 91.0 Å². The third-order valence-electron chi connectivity index (χ3n) is 6.38. The molecule has 0 saturated carbocycles.